The minimum atomic E-state index is -0.0791. The Labute approximate surface area is 163 Å². The number of hydrogen-bond acceptors (Lipinski definition) is 2. The zero-order chi connectivity index (χ0) is 19.1. The van der Waals surface area contributed by atoms with Crippen LogP contribution in [0.25, 0.3) is 6.08 Å². The molecule has 0 spiro atoms. The summed E-state index contributed by atoms with van der Waals surface area (Å²) in [5.74, 6) is 0.755. The minimum Gasteiger partial charge on any atom is -0.342 e. The number of nitrogens with zero attached hydrogens (tertiary/aromatic N) is 3. The monoisotopic (exact) mass is 365 g/mol. The van der Waals surface area contributed by atoms with Crippen LogP contribution in [-0.2, 0) is 4.79 Å². The molecule has 1 atom stereocenters. The molecule has 1 saturated heterocycles. The van der Waals surface area contributed by atoms with E-state index in [-0.39, 0.29) is 11.9 Å². The molecule has 1 aliphatic heterocycles. The maximum Gasteiger partial charge on any atom is 0.245 e. The van der Waals surface area contributed by atoms with Crippen LogP contribution in [0.5, 0.6) is 0 Å². The smallest absolute Gasteiger partial charge is 0.245 e. The molecule has 4 heteroatoms. The normalized spacial score (nSPS) is 16.9. The fourth-order valence-electron chi connectivity index (χ4n) is 3.62. The van der Waals surface area contributed by atoms with Crippen molar-refractivity contribution in [1.82, 2.24) is 14.4 Å². The summed E-state index contributed by atoms with van der Waals surface area (Å²) in [4.78, 5) is 17.6. The second-order valence-electron chi connectivity index (χ2n) is 7.71. The molecular formula is C23H31N3O. The van der Waals surface area contributed by atoms with E-state index in [9.17, 15) is 4.79 Å². The molecule has 0 aliphatic carbocycles. The molecule has 2 aromatic rings. The van der Waals surface area contributed by atoms with Gasteiger partial charge in [-0.1, -0.05) is 56.3 Å². The summed E-state index contributed by atoms with van der Waals surface area (Å²) in [5.41, 5.74) is 1.23. The van der Waals surface area contributed by atoms with Gasteiger partial charge in [0.2, 0.25) is 5.91 Å². The maximum atomic E-state index is 13.1. The van der Waals surface area contributed by atoms with Crippen LogP contribution in [0.4, 0.5) is 0 Å². The lowest BCUT2D eigenvalue weighted by molar-refractivity contribution is -0.137. The molecule has 1 fully saturated rings. The predicted octanol–water partition coefficient (Wildman–Crippen LogP) is 3.93. The fraction of sp³-hybridized carbons (Fsp3) is 0.435. The molecule has 2 heterocycles. The van der Waals surface area contributed by atoms with Crippen LogP contribution in [0, 0.1) is 5.92 Å². The van der Waals surface area contributed by atoms with Gasteiger partial charge in [-0.05, 0) is 30.0 Å². The first-order chi connectivity index (χ1) is 13.1. The third kappa shape index (κ3) is 5.57. The molecule has 0 unspecified atom stereocenters. The van der Waals surface area contributed by atoms with E-state index >= 15 is 0 Å². The van der Waals surface area contributed by atoms with Crippen LogP contribution in [0.15, 0.2) is 60.9 Å². The third-order valence-electron chi connectivity index (χ3n) is 5.12. The standard InChI is InChI=1S/C23H31N3O/c1-20(2)19-22(25-13-6-7-14-25)23(27)26-17-15-24(16-18-26)12-8-11-21-9-4-3-5-10-21/h3-11,13-14,20,22H,12,15-19H2,1-2H3/b11-8+/t22-/m1/s1. The van der Waals surface area contributed by atoms with E-state index in [1.807, 2.05) is 35.5 Å². The van der Waals surface area contributed by atoms with E-state index in [1.165, 1.54) is 5.56 Å². The number of hydrogen-bond donors (Lipinski definition) is 0. The van der Waals surface area contributed by atoms with Gasteiger partial charge in [0.1, 0.15) is 6.04 Å². The summed E-state index contributed by atoms with van der Waals surface area (Å²) in [5, 5.41) is 0. The molecular weight excluding hydrogens is 334 g/mol. The zero-order valence-electron chi connectivity index (χ0n) is 16.5. The molecule has 1 amide bonds. The summed E-state index contributed by atoms with van der Waals surface area (Å²) in [6.45, 7) is 8.79. The van der Waals surface area contributed by atoms with Crippen molar-refractivity contribution in [3.8, 4) is 0 Å². The molecule has 0 N–H and O–H groups in total. The maximum absolute atomic E-state index is 13.1. The Morgan fingerprint density at radius 3 is 2.30 bits per heavy atom. The van der Waals surface area contributed by atoms with Gasteiger partial charge in [-0.25, -0.2) is 0 Å². The number of carbonyl (C=O) groups excluding carboxylic acids is 1. The minimum absolute atomic E-state index is 0.0791. The van der Waals surface area contributed by atoms with E-state index < -0.39 is 0 Å². The van der Waals surface area contributed by atoms with Crippen molar-refractivity contribution in [2.24, 2.45) is 5.92 Å². The van der Waals surface area contributed by atoms with Crippen molar-refractivity contribution in [3.05, 3.63) is 66.5 Å². The molecule has 0 bridgehead atoms. The number of benzene rings is 1. The van der Waals surface area contributed by atoms with E-state index in [0.717, 1.165) is 39.1 Å². The number of piperazine rings is 1. The average Bonchev–Trinajstić information content (AvgIpc) is 3.21. The first-order valence-electron chi connectivity index (χ1n) is 9.98. The van der Waals surface area contributed by atoms with Gasteiger partial charge in [-0.15, -0.1) is 0 Å². The number of amides is 1. The molecule has 1 aliphatic rings. The second kappa shape index (κ2) is 9.56. The summed E-state index contributed by atoms with van der Waals surface area (Å²) in [6, 6.07) is 14.3. The van der Waals surface area contributed by atoms with Gasteiger partial charge in [-0.3, -0.25) is 9.69 Å². The van der Waals surface area contributed by atoms with Gasteiger partial charge in [0.25, 0.3) is 0 Å². The van der Waals surface area contributed by atoms with Gasteiger partial charge in [0, 0.05) is 45.1 Å². The van der Waals surface area contributed by atoms with Gasteiger partial charge in [0.15, 0.2) is 0 Å². The first-order valence-corrected chi connectivity index (χ1v) is 9.98. The van der Waals surface area contributed by atoms with Gasteiger partial charge in [-0.2, -0.15) is 0 Å². The lowest BCUT2D eigenvalue weighted by atomic mass is 10.0. The van der Waals surface area contributed by atoms with Gasteiger partial charge in [0.05, 0.1) is 0 Å². The van der Waals surface area contributed by atoms with Crippen molar-refractivity contribution < 1.29 is 4.79 Å². The Morgan fingerprint density at radius 2 is 1.67 bits per heavy atom. The molecule has 3 rings (SSSR count). The molecule has 1 aromatic heterocycles. The highest BCUT2D eigenvalue weighted by molar-refractivity contribution is 5.80. The highest BCUT2D eigenvalue weighted by Gasteiger charge is 2.28. The van der Waals surface area contributed by atoms with Crippen LogP contribution in [0.1, 0.15) is 31.9 Å². The largest absolute Gasteiger partial charge is 0.342 e. The van der Waals surface area contributed by atoms with Crippen LogP contribution in [0.3, 0.4) is 0 Å². The molecule has 0 saturated carbocycles. The van der Waals surface area contributed by atoms with Crippen LogP contribution < -0.4 is 0 Å². The molecule has 0 radical (unpaired) electrons. The Kier molecular flexibility index (Phi) is 6.88. The van der Waals surface area contributed by atoms with Crippen molar-refractivity contribution in [3.63, 3.8) is 0 Å². The highest BCUT2D eigenvalue weighted by Crippen LogP contribution is 2.21. The van der Waals surface area contributed by atoms with Crippen molar-refractivity contribution in [2.45, 2.75) is 26.3 Å². The van der Waals surface area contributed by atoms with E-state index in [4.69, 9.17) is 0 Å². The summed E-state index contributed by atoms with van der Waals surface area (Å²) in [6.07, 6.45) is 9.29. The molecule has 27 heavy (non-hydrogen) atoms. The van der Waals surface area contributed by atoms with Crippen molar-refractivity contribution in [1.29, 1.82) is 0 Å². The molecule has 4 nitrogen and oxygen atoms in total. The second-order valence-corrected chi connectivity index (χ2v) is 7.71. The molecule has 1 aromatic carbocycles. The number of carbonyl (C=O) groups is 1. The number of rotatable bonds is 7. The average molecular weight is 366 g/mol. The van der Waals surface area contributed by atoms with Crippen molar-refractivity contribution in [2.75, 3.05) is 32.7 Å². The fourth-order valence-corrected chi connectivity index (χ4v) is 3.62. The summed E-state index contributed by atoms with van der Waals surface area (Å²) >= 11 is 0. The third-order valence-corrected chi connectivity index (χ3v) is 5.12. The van der Waals surface area contributed by atoms with Gasteiger partial charge >= 0.3 is 0 Å². The Morgan fingerprint density at radius 1 is 1.00 bits per heavy atom. The quantitative estimate of drug-likeness (QED) is 0.744. The Balaban J connectivity index is 1.51. The lowest BCUT2D eigenvalue weighted by Crippen LogP contribution is -2.50. The summed E-state index contributed by atoms with van der Waals surface area (Å²) in [7, 11) is 0. The topological polar surface area (TPSA) is 28.5 Å². The van der Waals surface area contributed by atoms with Gasteiger partial charge < -0.3 is 9.47 Å². The first kappa shape index (κ1) is 19.4. The Hall–Kier alpha value is -2.33. The SMILES string of the molecule is CC(C)C[C@H](C(=O)N1CCN(C/C=C/c2ccccc2)CC1)n1cccc1. The number of aromatic nitrogens is 1. The van der Waals surface area contributed by atoms with E-state index in [0.29, 0.717) is 5.92 Å². The van der Waals surface area contributed by atoms with E-state index in [1.54, 1.807) is 0 Å². The van der Waals surface area contributed by atoms with Crippen LogP contribution >= 0.6 is 0 Å². The van der Waals surface area contributed by atoms with Crippen molar-refractivity contribution >= 4 is 12.0 Å². The Bertz CT molecular complexity index is 713. The van der Waals surface area contributed by atoms with Crippen LogP contribution in [-0.4, -0.2) is 53.0 Å². The molecule has 144 valence electrons. The lowest BCUT2D eigenvalue weighted by Gasteiger charge is -2.36. The zero-order valence-corrected chi connectivity index (χ0v) is 16.5. The van der Waals surface area contributed by atoms with Crippen LogP contribution in [0.2, 0.25) is 0 Å². The highest BCUT2D eigenvalue weighted by atomic mass is 16.2. The van der Waals surface area contributed by atoms with E-state index in [2.05, 4.69) is 59.7 Å². The summed E-state index contributed by atoms with van der Waals surface area (Å²) < 4.78 is 2.07. The predicted molar refractivity (Wildman–Crippen MR) is 111 cm³/mol.